The minimum absolute atomic E-state index is 0.00137. The standard InChI is InChI=1S/C11H24AsO6P/c1-6-16-19(13,17-7-2)10(3)18-12-14-8-11(4,5)9-15-12/h10H,6-9H2,1-5H3. The molecule has 1 saturated heterocycles. The molecule has 8 heteroatoms. The van der Waals surface area contributed by atoms with Gasteiger partial charge in [0.25, 0.3) is 0 Å². The molecule has 1 atom stereocenters. The summed E-state index contributed by atoms with van der Waals surface area (Å²) in [5, 5.41) is 0. The zero-order valence-corrected chi connectivity index (χ0v) is 15.0. The first-order chi connectivity index (χ1) is 8.83. The molecule has 1 unspecified atom stereocenters. The molecular weight excluding hydrogens is 334 g/mol. The molecule has 1 rings (SSSR count). The van der Waals surface area contributed by atoms with E-state index in [0.29, 0.717) is 26.4 Å². The third-order valence-electron chi connectivity index (χ3n) is 2.42. The second kappa shape index (κ2) is 7.56. The van der Waals surface area contributed by atoms with Gasteiger partial charge in [-0.05, 0) is 0 Å². The maximum absolute atomic E-state index is 12.5. The van der Waals surface area contributed by atoms with Crippen LogP contribution in [-0.4, -0.2) is 47.9 Å². The van der Waals surface area contributed by atoms with Crippen molar-refractivity contribution in [3.05, 3.63) is 0 Å². The average molecular weight is 358 g/mol. The van der Waals surface area contributed by atoms with Crippen LogP contribution >= 0.6 is 7.60 Å². The summed E-state index contributed by atoms with van der Waals surface area (Å²) in [7, 11) is -3.26. The molecule has 0 aliphatic carbocycles. The molecule has 0 bridgehead atoms. The van der Waals surface area contributed by atoms with Crippen molar-refractivity contribution in [2.45, 2.75) is 40.5 Å². The van der Waals surface area contributed by atoms with Gasteiger partial charge < -0.3 is 0 Å². The van der Waals surface area contributed by atoms with E-state index in [0.717, 1.165) is 0 Å². The molecule has 0 radical (unpaired) electrons. The van der Waals surface area contributed by atoms with Crippen molar-refractivity contribution < 1.29 is 24.8 Å². The van der Waals surface area contributed by atoms with Crippen molar-refractivity contribution in [2.75, 3.05) is 26.4 Å². The van der Waals surface area contributed by atoms with Gasteiger partial charge in [-0.15, -0.1) is 0 Å². The van der Waals surface area contributed by atoms with E-state index in [9.17, 15) is 4.57 Å². The zero-order valence-electron chi connectivity index (χ0n) is 12.2. The molecule has 0 aromatic heterocycles. The van der Waals surface area contributed by atoms with Crippen molar-refractivity contribution in [3.8, 4) is 0 Å². The predicted molar refractivity (Wildman–Crippen MR) is 72.8 cm³/mol. The summed E-state index contributed by atoms with van der Waals surface area (Å²) in [6, 6.07) is 0. The van der Waals surface area contributed by atoms with Crippen LogP contribution in [0.15, 0.2) is 0 Å². The predicted octanol–water partition coefficient (Wildman–Crippen LogP) is 2.67. The van der Waals surface area contributed by atoms with Gasteiger partial charge in [0, 0.05) is 0 Å². The Hall–Kier alpha value is 0.588. The summed E-state index contributed by atoms with van der Waals surface area (Å²) >= 11 is -2.32. The summed E-state index contributed by atoms with van der Waals surface area (Å²) in [4.78, 5) is 0. The summed E-state index contributed by atoms with van der Waals surface area (Å²) in [5.74, 6) is -0.673. The molecule has 19 heavy (non-hydrogen) atoms. The van der Waals surface area contributed by atoms with E-state index in [4.69, 9.17) is 20.2 Å². The molecule has 0 aromatic carbocycles. The van der Waals surface area contributed by atoms with Crippen molar-refractivity contribution in [2.24, 2.45) is 5.41 Å². The van der Waals surface area contributed by atoms with E-state index in [1.165, 1.54) is 0 Å². The SMILES string of the molecule is CCOP(=O)(OCC)C(C)O[As]1OCC(C)(C)CO1. The Morgan fingerprint density at radius 1 is 1.21 bits per heavy atom. The van der Waals surface area contributed by atoms with Crippen LogP contribution in [0.5, 0.6) is 0 Å². The third-order valence-corrected chi connectivity index (χ3v) is 7.47. The molecule has 0 aromatic rings. The first kappa shape index (κ1) is 17.6. The average Bonchev–Trinajstić information content (AvgIpc) is 2.32. The summed E-state index contributed by atoms with van der Waals surface area (Å²) < 4.78 is 39.7. The Labute approximate surface area is 120 Å². The van der Waals surface area contributed by atoms with Crippen LogP contribution in [0.2, 0.25) is 0 Å². The summed E-state index contributed by atoms with van der Waals surface area (Å²) in [5.41, 5.74) is 0.00137. The Kier molecular flexibility index (Phi) is 7.01. The van der Waals surface area contributed by atoms with Gasteiger partial charge in [0.2, 0.25) is 0 Å². The molecule has 0 amide bonds. The first-order valence-electron chi connectivity index (χ1n) is 6.44. The molecule has 1 aliphatic heterocycles. The van der Waals surface area contributed by atoms with E-state index >= 15 is 0 Å². The van der Waals surface area contributed by atoms with Crippen molar-refractivity contribution in [1.29, 1.82) is 0 Å². The number of hydrogen-bond donors (Lipinski definition) is 0. The molecule has 1 aliphatic rings. The number of hydrogen-bond acceptors (Lipinski definition) is 6. The molecule has 0 spiro atoms. The van der Waals surface area contributed by atoms with Crippen LogP contribution < -0.4 is 0 Å². The zero-order chi connectivity index (χ0) is 14.5. The topological polar surface area (TPSA) is 63.2 Å². The minimum atomic E-state index is -3.26. The Bertz CT molecular complexity index is 304. The summed E-state index contributed by atoms with van der Waals surface area (Å²) in [6.07, 6.45) is 0. The van der Waals surface area contributed by atoms with Gasteiger partial charge in [-0.3, -0.25) is 0 Å². The Balaban J connectivity index is 2.53. The van der Waals surface area contributed by atoms with Gasteiger partial charge in [0.1, 0.15) is 0 Å². The Morgan fingerprint density at radius 3 is 2.11 bits per heavy atom. The second-order valence-corrected chi connectivity index (χ2v) is 9.80. The van der Waals surface area contributed by atoms with Gasteiger partial charge >= 0.3 is 120 Å². The van der Waals surface area contributed by atoms with Crippen molar-refractivity contribution in [3.63, 3.8) is 0 Å². The molecular formula is C11H24AsO6P. The van der Waals surface area contributed by atoms with Crippen molar-refractivity contribution >= 4 is 23.3 Å². The van der Waals surface area contributed by atoms with Gasteiger partial charge in [-0.1, -0.05) is 0 Å². The number of rotatable bonds is 7. The third kappa shape index (κ3) is 5.47. The van der Waals surface area contributed by atoms with Crippen LogP contribution in [0, 0.1) is 5.41 Å². The fourth-order valence-electron chi connectivity index (χ4n) is 1.38. The summed E-state index contributed by atoms with van der Waals surface area (Å²) in [6.45, 7) is 11.1. The molecule has 6 nitrogen and oxygen atoms in total. The van der Waals surface area contributed by atoms with Crippen LogP contribution in [0.1, 0.15) is 34.6 Å². The van der Waals surface area contributed by atoms with Gasteiger partial charge in [-0.2, -0.15) is 0 Å². The van der Waals surface area contributed by atoms with E-state index in [1.807, 2.05) is 0 Å². The Morgan fingerprint density at radius 2 is 1.68 bits per heavy atom. The fourth-order valence-corrected chi connectivity index (χ4v) is 6.68. The normalized spacial score (nSPS) is 22.4. The molecule has 0 saturated carbocycles. The second-order valence-electron chi connectivity index (χ2n) is 5.01. The molecule has 114 valence electrons. The monoisotopic (exact) mass is 358 g/mol. The van der Waals surface area contributed by atoms with E-state index < -0.39 is 29.1 Å². The van der Waals surface area contributed by atoms with Gasteiger partial charge in [0.15, 0.2) is 0 Å². The van der Waals surface area contributed by atoms with Crippen molar-refractivity contribution in [1.82, 2.24) is 0 Å². The molecule has 1 heterocycles. The quantitative estimate of drug-likeness (QED) is 0.515. The van der Waals surface area contributed by atoms with Crippen LogP contribution in [-0.2, 0) is 24.8 Å². The van der Waals surface area contributed by atoms with E-state index in [2.05, 4.69) is 13.8 Å². The van der Waals surface area contributed by atoms with E-state index in [1.54, 1.807) is 20.8 Å². The van der Waals surface area contributed by atoms with Crippen LogP contribution in [0.3, 0.4) is 0 Å². The first-order valence-corrected chi connectivity index (χ1v) is 10.4. The van der Waals surface area contributed by atoms with Crippen LogP contribution in [0.4, 0.5) is 0 Å². The van der Waals surface area contributed by atoms with Crippen LogP contribution in [0.25, 0.3) is 0 Å². The van der Waals surface area contributed by atoms with E-state index in [-0.39, 0.29) is 5.41 Å². The maximum atomic E-state index is 12.5. The van der Waals surface area contributed by atoms with Gasteiger partial charge in [0.05, 0.1) is 0 Å². The van der Waals surface area contributed by atoms with Gasteiger partial charge in [-0.25, -0.2) is 0 Å². The molecule has 1 fully saturated rings. The molecule has 0 N–H and O–H groups in total. The fraction of sp³-hybridized carbons (Fsp3) is 1.00.